The molecule has 236 valence electrons. The number of benzene rings is 3. The minimum atomic E-state index is -1.04. The van der Waals surface area contributed by atoms with E-state index in [-0.39, 0.29) is 42.2 Å². The Morgan fingerprint density at radius 2 is 1.57 bits per heavy atom. The fourth-order valence-electron chi connectivity index (χ4n) is 6.50. The van der Waals surface area contributed by atoms with Crippen molar-refractivity contribution in [1.82, 2.24) is 19.1 Å². The summed E-state index contributed by atoms with van der Waals surface area (Å²) in [4.78, 5) is 34.4. The van der Waals surface area contributed by atoms with Crippen molar-refractivity contribution in [2.75, 3.05) is 26.1 Å². The first-order valence-corrected chi connectivity index (χ1v) is 15.3. The van der Waals surface area contributed by atoms with Crippen LogP contribution in [0.5, 0.6) is 11.5 Å². The largest absolute Gasteiger partial charge is 0.497 e. The highest BCUT2D eigenvalue weighted by Gasteiger charge is 2.47. The van der Waals surface area contributed by atoms with Crippen molar-refractivity contribution in [3.63, 3.8) is 0 Å². The molecule has 1 fully saturated rings. The Morgan fingerprint density at radius 1 is 0.957 bits per heavy atom. The fourth-order valence-corrected chi connectivity index (χ4v) is 6.50. The molecule has 4 heterocycles. The number of nitrogens with one attached hydrogen (secondary N) is 1. The molecule has 0 aliphatic carbocycles. The molecule has 1 saturated heterocycles. The van der Waals surface area contributed by atoms with Gasteiger partial charge in [-0.25, -0.2) is 4.98 Å². The lowest BCUT2D eigenvalue weighted by Crippen LogP contribution is -2.38. The molecule has 5 aromatic rings. The van der Waals surface area contributed by atoms with Crippen LogP contribution < -0.4 is 20.3 Å². The van der Waals surface area contributed by atoms with Gasteiger partial charge < -0.3 is 18.9 Å². The highest BCUT2D eigenvalue weighted by molar-refractivity contribution is 5.91. The molecule has 0 unspecified atom stereocenters. The van der Waals surface area contributed by atoms with E-state index < -0.39 is 17.3 Å². The van der Waals surface area contributed by atoms with Crippen molar-refractivity contribution in [3.05, 3.63) is 112 Å². The summed E-state index contributed by atoms with van der Waals surface area (Å²) in [5.41, 5.74) is 2.00. The molecule has 0 spiro atoms. The lowest BCUT2D eigenvalue weighted by Gasteiger charge is -2.37. The van der Waals surface area contributed by atoms with E-state index in [1.54, 1.807) is 34.4 Å². The van der Waals surface area contributed by atoms with Crippen LogP contribution in [0.2, 0.25) is 0 Å². The Balaban J connectivity index is 1.33. The van der Waals surface area contributed by atoms with E-state index in [1.165, 1.54) is 0 Å². The highest BCUT2D eigenvalue weighted by atomic mass is 16.6. The quantitative estimate of drug-likeness (QED) is 0.215. The average molecular weight is 622 g/mol. The van der Waals surface area contributed by atoms with Gasteiger partial charge in [-0.1, -0.05) is 68.4 Å². The van der Waals surface area contributed by atoms with Gasteiger partial charge >= 0.3 is 5.56 Å². The number of anilines is 1. The number of fused-ring (bicyclic) bond motifs is 4. The normalized spacial score (nSPS) is 18.6. The molecule has 11 nitrogen and oxygen atoms in total. The van der Waals surface area contributed by atoms with Gasteiger partial charge in [0.05, 0.1) is 33.2 Å². The first-order chi connectivity index (χ1) is 22.3. The zero-order chi connectivity index (χ0) is 32.0. The van der Waals surface area contributed by atoms with Crippen LogP contribution in [0.4, 0.5) is 5.95 Å². The molecule has 2 aliphatic rings. The first kappa shape index (κ1) is 29.7. The molecule has 1 amide bonds. The van der Waals surface area contributed by atoms with E-state index >= 15 is 0 Å². The van der Waals surface area contributed by atoms with Gasteiger partial charge in [0.25, 0.3) is 0 Å². The zero-order valence-electron chi connectivity index (χ0n) is 26.0. The van der Waals surface area contributed by atoms with Gasteiger partial charge in [0.15, 0.2) is 11.2 Å². The third-order valence-corrected chi connectivity index (χ3v) is 8.88. The number of rotatable bonds is 10. The van der Waals surface area contributed by atoms with Crippen molar-refractivity contribution in [2.24, 2.45) is 5.92 Å². The number of methoxy groups -OCH3 is 2. The van der Waals surface area contributed by atoms with Crippen LogP contribution in [-0.4, -0.2) is 51.9 Å². The molecule has 2 aromatic heterocycles. The number of aromatic nitrogens is 4. The number of amides is 1. The minimum Gasteiger partial charge on any atom is -0.497 e. The summed E-state index contributed by atoms with van der Waals surface area (Å²) in [7, 11) is 3.28. The number of imidazole rings is 1. The summed E-state index contributed by atoms with van der Waals surface area (Å²) in [6.07, 6.45) is 1.38. The summed E-state index contributed by atoms with van der Waals surface area (Å²) >= 11 is 0. The predicted octanol–water partition coefficient (Wildman–Crippen LogP) is 5.06. The predicted molar refractivity (Wildman–Crippen MR) is 171 cm³/mol. The summed E-state index contributed by atoms with van der Waals surface area (Å²) in [6, 6.07) is 25.5. The van der Waals surface area contributed by atoms with Crippen molar-refractivity contribution in [1.29, 1.82) is 0 Å². The maximum absolute atomic E-state index is 13.0. The molecule has 2 aliphatic heterocycles. The van der Waals surface area contributed by atoms with Crippen LogP contribution >= 0.6 is 0 Å². The number of hydrogen-bond donors (Lipinski definition) is 1. The lowest BCUT2D eigenvalue weighted by atomic mass is 9.80. The SMILES string of the molecule is COc1ccc(C(OC[C@H]2O[C@@H]3C[C@H]2n2c(NC(=O)C(C)C)nc(=O)c4ncn3c42)(c2ccccc2)c2ccc(OC)cc2)cc1. The van der Waals surface area contributed by atoms with Crippen LogP contribution in [0.25, 0.3) is 11.2 Å². The van der Waals surface area contributed by atoms with Crippen LogP contribution in [-0.2, 0) is 19.9 Å². The third kappa shape index (κ3) is 4.83. The molecule has 0 saturated carbocycles. The molecule has 3 atom stereocenters. The molecule has 11 heteroatoms. The van der Waals surface area contributed by atoms with E-state index in [2.05, 4.69) is 27.4 Å². The maximum atomic E-state index is 13.0. The van der Waals surface area contributed by atoms with E-state index in [9.17, 15) is 9.59 Å². The average Bonchev–Trinajstić information content (AvgIpc) is 3.69. The number of nitrogens with zero attached hydrogens (tertiary/aromatic N) is 4. The monoisotopic (exact) mass is 621 g/mol. The van der Waals surface area contributed by atoms with Crippen LogP contribution in [0.3, 0.4) is 0 Å². The Hall–Kier alpha value is -5.00. The zero-order valence-corrected chi connectivity index (χ0v) is 26.0. The molecule has 2 bridgehead atoms. The van der Waals surface area contributed by atoms with Gasteiger partial charge in [-0.15, -0.1) is 0 Å². The Labute approximate surface area is 265 Å². The third-order valence-electron chi connectivity index (χ3n) is 8.88. The smallest absolute Gasteiger partial charge is 0.302 e. The number of hydrogen-bond acceptors (Lipinski definition) is 8. The Bertz CT molecular complexity index is 1890. The molecule has 0 radical (unpaired) electrons. The maximum Gasteiger partial charge on any atom is 0.302 e. The summed E-state index contributed by atoms with van der Waals surface area (Å²) in [5, 5.41) is 2.87. The van der Waals surface area contributed by atoms with Gasteiger partial charge in [0.2, 0.25) is 11.9 Å². The van der Waals surface area contributed by atoms with Gasteiger partial charge in [-0.2, -0.15) is 4.98 Å². The Morgan fingerprint density at radius 3 is 2.15 bits per heavy atom. The second-order valence-corrected chi connectivity index (χ2v) is 11.8. The van der Waals surface area contributed by atoms with Crippen molar-refractivity contribution < 1.29 is 23.7 Å². The Kier molecular flexibility index (Phi) is 7.58. The first-order valence-electron chi connectivity index (χ1n) is 15.3. The van der Waals surface area contributed by atoms with Gasteiger partial charge in [-0.3, -0.25) is 24.0 Å². The highest BCUT2D eigenvalue weighted by Crippen LogP contribution is 2.47. The van der Waals surface area contributed by atoms with E-state index in [1.807, 2.05) is 75.9 Å². The van der Waals surface area contributed by atoms with Crippen molar-refractivity contribution in [3.8, 4) is 11.5 Å². The van der Waals surface area contributed by atoms with E-state index in [0.717, 1.165) is 28.2 Å². The van der Waals surface area contributed by atoms with Gasteiger partial charge in [0, 0.05) is 12.3 Å². The molecule has 1 N–H and O–H groups in total. The number of ether oxygens (including phenoxy) is 4. The standard InChI is InChI=1S/C35H35N5O6/c1-21(2)31(41)37-34-38-32(42)30-33-39(20-36-30)29-18-27(40(33)34)28(46-29)19-45-35(22-8-6-5-7-9-22,23-10-14-25(43-3)15-11-23)24-12-16-26(44-4)17-13-24/h5-17,20-21,27-29H,18-19H2,1-4H3,(H,37,38,41,42)/t27-,28-,29-/m1/s1. The van der Waals surface area contributed by atoms with Gasteiger partial charge in [0.1, 0.15) is 29.4 Å². The molecule has 46 heavy (non-hydrogen) atoms. The minimum absolute atomic E-state index is 0.177. The van der Waals surface area contributed by atoms with Crippen molar-refractivity contribution in [2.45, 2.75) is 44.2 Å². The summed E-state index contributed by atoms with van der Waals surface area (Å²) in [5.74, 6) is 1.10. The second-order valence-electron chi connectivity index (χ2n) is 11.8. The molecular weight excluding hydrogens is 586 g/mol. The topological polar surface area (TPSA) is 119 Å². The number of carbonyl (C=O) groups excluding carboxylic acids is 1. The van der Waals surface area contributed by atoms with Crippen molar-refractivity contribution >= 4 is 23.0 Å². The van der Waals surface area contributed by atoms with Crippen LogP contribution in [0, 0.1) is 5.92 Å². The second kappa shape index (κ2) is 11.7. The summed E-state index contributed by atoms with van der Waals surface area (Å²) in [6.45, 7) is 3.76. The van der Waals surface area contributed by atoms with Crippen LogP contribution in [0.15, 0.2) is 90.0 Å². The van der Waals surface area contributed by atoms with E-state index in [4.69, 9.17) is 18.9 Å². The molecular formula is C35H35N5O6. The lowest BCUT2D eigenvalue weighted by molar-refractivity contribution is -0.119. The van der Waals surface area contributed by atoms with Crippen LogP contribution in [0.1, 0.15) is 49.2 Å². The summed E-state index contributed by atoms with van der Waals surface area (Å²) < 4.78 is 28.5. The molecule has 3 aromatic carbocycles. The van der Waals surface area contributed by atoms with Gasteiger partial charge in [-0.05, 0) is 41.0 Å². The number of carbonyl (C=O) groups is 1. The molecule has 7 rings (SSSR count). The van der Waals surface area contributed by atoms with E-state index in [0.29, 0.717) is 12.1 Å². The fraction of sp³-hybridized carbons (Fsp3) is 0.314.